The minimum Gasteiger partial charge on any atom is -0.379 e. The van der Waals surface area contributed by atoms with Crippen molar-refractivity contribution in [2.45, 2.75) is 32.9 Å². The molecule has 2 heterocycles. The second-order valence-electron chi connectivity index (χ2n) is 6.09. The number of hydrogen-bond acceptors (Lipinski definition) is 4. The summed E-state index contributed by atoms with van der Waals surface area (Å²) in [4.78, 5) is 4.32. The van der Waals surface area contributed by atoms with Crippen LogP contribution in [0.25, 0.3) is 10.9 Å². The van der Waals surface area contributed by atoms with Crippen LogP contribution < -0.4 is 5.32 Å². The molecule has 5 heteroatoms. The molecule has 0 saturated carbocycles. The molecule has 1 N–H and O–H groups in total. The Morgan fingerprint density at radius 2 is 2.05 bits per heavy atom. The van der Waals surface area contributed by atoms with Gasteiger partial charge in [0.15, 0.2) is 0 Å². The lowest BCUT2D eigenvalue weighted by molar-refractivity contribution is 0.347. The largest absolute Gasteiger partial charge is 0.379 e. The van der Waals surface area contributed by atoms with E-state index in [1.54, 1.807) is 6.20 Å². The summed E-state index contributed by atoms with van der Waals surface area (Å²) in [5.41, 5.74) is 2.94. The Morgan fingerprint density at radius 3 is 2.81 bits per heavy atom. The van der Waals surface area contributed by atoms with E-state index in [0.717, 1.165) is 22.3 Å². The maximum absolute atomic E-state index is 4.32. The number of rotatable bonds is 3. The third-order valence-electron chi connectivity index (χ3n) is 3.30. The molecule has 0 aliphatic rings. The Bertz CT molecular complexity index is 754. The zero-order valence-electron chi connectivity index (χ0n) is 12.5. The standard InChI is InChI=1S/C16H19N5/c1-16(2,3)21-11-14(19-20-21)10-18-13-6-7-15-12(9-13)5-4-8-17-15/h4-9,11,18H,10H2,1-3H3. The van der Waals surface area contributed by atoms with E-state index in [1.165, 1.54) is 0 Å². The van der Waals surface area contributed by atoms with Gasteiger partial charge in [0.25, 0.3) is 0 Å². The molecule has 0 spiro atoms. The van der Waals surface area contributed by atoms with Gasteiger partial charge >= 0.3 is 0 Å². The first kappa shape index (κ1) is 13.5. The van der Waals surface area contributed by atoms with Gasteiger partial charge in [0, 0.05) is 17.3 Å². The highest BCUT2D eigenvalue weighted by atomic mass is 15.4. The van der Waals surface area contributed by atoms with Crippen molar-refractivity contribution in [3.8, 4) is 0 Å². The lowest BCUT2D eigenvalue weighted by Gasteiger charge is -2.17. The highest BCUT2D eigenvalue weighted by molar-refractivity contribution is 5.82. The highest BCUT2D eigenvalue weighted by Gasteiger charge is 2.14. The number of pyridine rings is 1. The molecule has 0 aliphatic heterocycles. The van der Waals surface area contributed by atoms with Gasteiger partial charge in [-0.15, -0.1) is 5.10 Å². The normalized spacial score (nSPS) is 11.8. The SMILES string of the molecule is CC(C)(C)n1cc(CNc2ccc3ncccc3c2)nn1. The van der Waals surface area contributed by atoms with Gasteiger partial charge in [-0.25, -0.2) is 4.68 Å². The van der Waals surface area contributed by atoms with Crippen molar-refractivity contribution in [1.29, 1.82) is 0 Å². The summed E-state index contributed by atoms with van der Waals surface area (Å²) in [5, 5.41) is 12.9. The summed E-state index contributed by atoms with van der Waals surface area (Å²) in [6, 6.07) is 10.1. The summed E-state index contributed by atoms with van der Waals surface area (Å²) < 4.78 is 1.88. The summed E-state index contributed by atoms with van der Waals surface area (Å²) in [6.45, 7) is 6.97. The molecule has 0 amide bonds. The van der Waals surface area contributed by atoms with Crippen LogP contribution in [0.2, 0.25) is 0 Å². The molecule has 1 aromatic carbocycles. The van der Waals surface area contributed by atoms with E-state index >= 15 is 0 Å². The van der Waals surface area contributed by atoms with E-state index in [-0.39, 0.29) is 5.54 Å². The minimum atomic E-state index is -0.0418. The van der Waals surface area contributed by atoms with Crippen LogP contribution in [0.5, 0.6) is 0 Å². The van der Waals surface area contributed by atoms with Gasteiger partial charge in [0.05, 0.1) is 23.8 Å². The van der Waals surface area contributed by atoms with Crippen LogP contribution in [0, 0.1) is 0 Å². The summed E-state index contributed by atoms with van der Waals surface area (Å²) in [7, 11) is 0. The van der Waals surface area contributed by atoms with Crippen LogP contribution in [0.1, 0.15) is 26.5 Å². The van der Waals surface area contributed by atoms with E-state index in [2.05, 4.69) is 53.5 Å². The fourth-order valence-electron chi connectivity index (χ4n) is 2.09. The van der Waals surface area contributed by atoms with Gasteiger partial charge in [-0.05, 0) is 45.0 Å². The number of anilines is 1. The molecular formula is C16H19N5. The summed E-state index contributed by atoms with van der Waals surface area (Å²) in [6.07, 6.45) is 3.79. The molecule has 0 saturated heterocycles. The predicted molar refractivity (Wildman–Crippen MR) is 84.1 cm³/mol. The average Bonchev–Trinajstić information content (AvgIpc) is 2.94. The zero-order chi connectivity index (χ0) is 14.9. The van der Waals surface area contributed by atoms with Crippen LogP contribution >= 0.6 is 0 Å². The molecule has 2 aromatic heterocycles. The van der Waals surface area contributed by atoms with Crippen molar-refractivity contribution in [2.24, 2.45) is 0 Å². The van der Waals surface area contributed by atoms with Crippen molar-refractivity contribution < 1.29 is 0 Å². The van der Waals surface area contributed by atoms with Crippen LogP contribution in [-0.4, -0.2) is 20.0 Å². The Labute approximate surface area is 124 Å². The molecule has 0 radical (unpaired) electrons. The number of aromatic nitrogens is 4. The number of benzene rings is 1. The lowest BCUT2D eigenvalue weighted by Crippen LogP contribution is -2.22. The molecule has 0 fully saturated rings. The molecule has 5 nitrogen and oxygen atoms in total. The average molecular weight is 281 g/mol. The quantitative estimate of drug-likeness (QED) is 0.801. The Morgan fingerprint density at radius 1 is 1.19 bits per heavy atom. The van der Waals surface area contributed by atoms with Crippen molar-refractivity contribution in [3.63, 3.8) is 0 Å². The van der Waals surface area contributed by atoms with Crippen LogP contribution in [-0.2, 0) is 12.1 Å². The molecular weight excluding hydrogens is 262 g/mol. The molecule has 0 atom stereocenters. The predicted octanol–water partition coefficient (Wildman–Crippen LogP) is 3.19. The van der Waals surface area contributed by atoms with Gasteiger partial charge in [-0.3, -0.25) is 4.98 Å². The fraction of sp³-hybridized carbons (Fsp3) is 0.312. The summed E-state index contributed by atoms with van der Waals surface area (Å²) in [5.74, 6) is 0. The second-order valence-corrected chi connectivity index (χ2v) is 6.09. The zero-order valence-corrected chi connectivity index (χ0v) is 12.5. The van der Waals surface area contributed by atoms with E-state index in [4.69, 9.17) is 0 Å². The number of nitrogens with zero attached hydrogens (tertiary/aromatic N) is 4. The maximum atomic E-state index is 4.32. The Hall–Kier alpha value is -2.43. The van der Waals surface area contributed by atoms with Crippen molar-refractivity contribution in [1.82, 2.24) is 20.0 Å². The number of nitrogens with one attached hydrogen (secondary N) is 1. The van der Waals surface area contributed by atoms with E-state index in [1.807, 2.05) is 29.1 Å². The molecule has 3 aromatic rings. The second kappa shape index (κ2) is 5.16. The van der Waals surface area contributed by atoms with Crippen molar-refractivity contribution >= 4 is 16.6 Å². The monoisotopic (exact) mass is 281 g/mol. The third-order valence-corrected chi connectivity index (χ3v) is 3.30. The number of hydrogen-bond donors (Lipinski definition) is 1. The van der Waals surface area contributed by atoms with Gasteiger partial charge in [-0.1, -0.05) is 11.3 Å². The van der Waals surface area contributed by atoms with Crippen LogP contribution in [0.3, 0.4) is 0 Å². The van der Waals surface area contributed by atoms with Crippen LogP contribution in [0.15, 0.2) is 42.7 Å². The highest BCUT2D eigenvalue weighted by Crippen LogP contribution is 2.18. The fourth-order valence-corrected chi connectivity index (χ4v) is 2.09. The first-order chi connectivity index (χ1) is 10.0. The first-order valence-corrected chi connectivity index (χ1v) is 7.03. The van der Waals surface area contributed by atoms with E-state index in [9.17, 15) is 0 Å². The van der Waals surface area contributed by atoms with E-state index < -0.39 is 0 Å². The third kappa shape index (κ3) is 3.02. The molecule has 0 unspecified atom stereocenters. The van der Waals surface area contributed by atoms with Gasteiger partial charge < -0.3 is 5.32 Å². The first-order valence-electron chi connectivity index (χ1n) is 7.03. The minimum absolute atomic E-state index is 0.0418. The molecule has 0 aliphatic carbocycles. The smallest absolute Gasteiger partial charge is 0.102 e. The van der Waals surface area contributed by atoms with Gasteiger partial charge in [0.1, 0.15) is 5.69 Å². The number of fused-ring (bicyclic) bond motifs is 1. The Balaban J connectivity index is 1.73. The lowest BCUT2D eigenvalue weighted by atomic mass is 10.1. The van der Waals surface area contributed by atoms with Gasteiger partial charge in [0.2, 0.25) is 0 Å². The summed E-state index contributed by atoms with van der Waals surface area (Å²) >= 11 is 0. The topological polar surface area (TPSA) is 55.6 Å². The van der Waals surface area contributed by atoms with Gasteiger partial charge in [-0.2, -0.15) is 0 Å². The van der Waals surface area contributed by atoms with E-state index in [0.29, 0.717) is 6.54 Å². The van der Waals surface area contributed by atoms with Crippen LogP contribution in [0.4, 0.5) is 5.69 Å². The molecule has 0 bridgehead atoms. The molecule has 3 rings (SSSR count). The maximum Gasteiger partial charge on any atom is 0.102 e. The van der Waals surface area contributed by atoms with Crippen molar-refractivity contribution in [3.05, 3.63) is 48.4 Å². The molecule has 108 valence electrons. The van der Waals surface area contributed by atoms with Crippen molar-refractivity contribution in [2.75, 3.05) is 5.32 Å². The molecule has 21 heavy (non-hydrogen) atoms. The Kier molecular flexibility index (Phi) is 3.33.